The van der Waals surface area contributed by atoms with Crippen LogP contribution >= 0.6 is 0 Å². The molecule has 7 heteroatoms. The maximum absolute atomic E-state index is 13.7. The van der Waals surface area contributed by atoms with E-state index in [1.54, 1.807) is 30.2 Å². The first-order valence-electron chi connectivity index (χ1n) is 12.6. The maximum atomic E-state index is 13.7. The summed E-state index contributed by atoms with van der Waals surface area (Å²) in [6.07, 6.45) is 0.803. The minimum atomic E-state index is -0.478. The number of methoxy groups -OCH3 is 1. The number of carbonyl (C=O) groups is 1. The second-order valence-corrected chi connectivity index (χ2v) is 10.6. The van der Waals surface area contributed by atoms with Gasteiger partial charge >= 0.3 is 0 Å². The van der Waals surface area contributed by atoms with Gasteiger partial charge in [0.05, 0.1) is 37.3 Å². The van der Waals surface area contributed by atoms with Crippen molar-refractivity contribution in [2.24, 2.45) is 0 Å². The lowest BCUT2D eigenvalue weighted by molar-refractivity contribution is 0.0353. The van der Waals surface area contributed by atoms with Gasteiger partial charge < -0.3 is 18.8 Å². The van der Waals surface area contributed by atoms with Crippen molar-refractivity contribution in [3.8, 4) is 5.75 Å². The molecule has 3 heterocycles. The summed E-state index contributed by atoms with van der Waals surface area (Å²) in [5, 5.41) is 0.453. The summed E-state index contributed by atoms with van der Waals surface area (Å²) >= 11 is 0. The van der Waals surface area contributed by atoms with Crippen LogP contribution in [0.5, 0.6) is 5.75 Å². The molecule has 1 fully saturated rings. The second kappa shape index (κ2) is 9.71. The molecule has 190 valence electrons. The second-order valence-electron chi connectivity index (χ2n) is 10.6. The van der Waals surface area contributed by atoms with Gasteiger partial charge in [0, 0.05) is 32.2 Å². The standard InChI is InChI=1S/C29H34N2O5/c1-29(2,3)20-8-6-19(7-9-20)25-24-26(32)22-11-10-21(34-4)18-23(22)36-27(24)28(33)31(25)13-5-12-30-14-16-35-17-15-30/h6-11,18,25H,5,12-17H2,1-4H3/t25-/m0/s1. The molecule has 0 bridgehead atoms. The third-order valence-electron chi connectivity index (χ3n) is 7.24. The molecule has 0 unspecified atom stereocenters. The summed E-state index contributed by atoms with van der Waals surface area (Å²) in [4.78, 5) is 31.6. The van der Waals surface area contributed by atoms with Crippen molar-refractivity contribution in [1.29, 1.82) is 0 Å². The molecule has 1 atom stereocenters. The van der Waals surface area contributed by atoms with E-state index in [-0.39, 0.29) is 22.5 Å². The number of nitrogens with zero attached hydrogens (tertiary/aromatic N) is 2. The molecule has 0 spiro atoms. The zero-order chi connectivity index (χ0) is 25.4. The maximum Gasteiger partial charge on any atom is 0.290 e. The number of fused-ring (bicyclic) bond motifs is 2. The zero-order valence-electron chi connectivity index (χ0n) is 21.5. The van der Waals surface area contributed by atoms with Crippen molar-refractivity contribution in [3.05, 3.63) is 75.1 Å². The number of hydrogen-bond acceptors (Lipinski definition) is 6. The average Bonchev–Trinajstić information content (AvgIpc) is 3.15. The number of benzene rings is 2. The van der Waals surface area contributed by atoms with Crippen LogP contribution in [0.1, 0.15) is 60.5 Å². The number of amides is 1. The molecule has 7 nitrogen and oxygen atoms in total. The van der Waals surface area contributed by atoms with Gasteiger partial charge in [-0.2, -0.15) is 0 Å². The molecule has 1 amide bonds. The van der Waals surface area contributed by atoms with Crippen LogP contribution in [0.25, 0.3) is 11.0 Å². The molecule has 2 aliphatic rings. The highest BCUT2D eigenvalue weighted by molar-refractivity contribution is 5.99. The lowest BCUT2D eigenvalue weighted by atomic mass is 9.86. The van der Waals surface area contributed by atoms with Crippen LogP contribution in [0.15, 0.2) is 51.7 Å². The fraction of sp³-hybridized carbons (Fsp3) is 0.448. The van der Waals surface area contributed by atoms with E-state index in [0.717, 1.165) is 44.8 Å². The van der Waals surface area contributed by atoms with Crippen molar-refractivity contribution in [2.75, 3.05) is 46.5 Å². The third kappa shape index (κ3) is 4.53. The fourth-order valence-corrected chi connectivity index (χ4v) is 5.16. The molecule has 0 aliphatic carbocycles. The number of carbonyl (C=O) groups excluding carboxylic acids is 1. The van der Waals surface area contributed by atoms with Gasteiger partial charge in [0.25, 0.3) is 5.91 Å². The number of hydrogen-bond donors (Lipinski definition) is 0. The predicted octanol–water partition coefficient (Wildman–Crippen LogP) is 4.37. The number of rotatable bonds is 6. The Hall–Kier alpha value is -3.16. The van der Waals surface area contributed by atoms with Crippen LogP contribution in [0.4, 0.5) is 0 Å². The van der Waals surface area contributed by atoms with Gasteiger partial charge in [-0.05, 0) is 35.1 Å². The zero-order valence-corrected chi connectivity index (χ0v) is 21.5. The smallest absolute Gasteiger partial charge is 0.290 e. The van der Waals surface area contributed by atoms with Crippen molar-refractivity contribution in [1.82, 2.24) is 9.80 Å². The van der Waals surface area contributed by atoms with Crippen LogP contribution in [-0.4, -0.2) is 62.2 Å². The Morgan fingerprint density at radius 3 is 2.39 bits per heavy atom. The van der Waals surface area contributed by atoms with Crippen molar-refractivity contribution >= 4 is 16.9 Å². The third-order valence-corrected chi connectivity index (χ3v) is 7.24. The van der Waals surface area contributed by atoms with Gasteiger partial charge in [-0.15, -0.1) is 0 Å². The van der Waals surface area contributed by atoms with Crippen molar-refractivity contribution in [3.63, 3.8) is 0 Å². The summed E-state index contributed by atoms with van der Waals surface area (Å²) in [5.41, 5.74) is 2.75. The molecule has 2 aromatic carbocycles. The molecular formula is C29H34N2O5. The largest absolute Gasteiger partial charge is 0.497 e. The topological polar surface area (TPSA) is 72.2 Å². The van der Waals surface area contributed by atoms with Crippen LogP contribution in [0.2, 0.25) is 0 Å². The monoisotopic (exact) mass is 490 g/mol. The van der Waals surface area contributed by atoms with Gasteiger partial charge in [-0.3, -0.25) is 14.5 Å². The van der Waals surface area contributed by atoms with Gasteiger partial charge in [-0.25, -0.2) is 0 Å². The summed E-state index contributed by atoms with van der Waals surface area (Å²) in [7, 11) is 1.56. The molecule has 0 radical (unpaired) electrons. The van der Waals surface area contributed by atoms with E-state index in [2.05, 4.69) is 37.8 Å². The van der Waals surface area contributed by atoms with E-state index in [1.165, 1.54) is 5.56 Å². The molecule has 0 saturated carbocycles. The van der Waals surface area contributed by atoms with Crippen LogP contribution in [0.3, 0.4) is 0 Å². The fourth-order valence-electron chi connectivity index (χ4n) is 5.16. The molecule has 36 heavy (non-hydrogen) atoms. The summed E-state index contributed by atoms with van der Waals surface area (Å²) < 4.78 is 16.8. The Morgan fingerprint density at radius 1 is 1.00 bits per heavy atom. The van der Waals surface area contributed by atoms with Crippen LogP contribution < -0.4 is 10.2 Å². The van der Waals surface area contributed by atoms with Crippen LogP contribution in [0, 0.1) is 0 Å². The SMILES string of the molecule is COc1ccc2c(=O)c3c(oc2c1)C(=O)N(CCCN1CCOCC1)[C@H]3c1ccc(C(C)(C)C)cc1. The Balaban J connectivity index is 1.54. The van der Waals surface area contributed by atoms with E-state index in [4.69, 9.17) is 13.9 Å². The molecular weight excluding hydrogens is 456 g/mol. The molecule has 5 rings (SSSR count). The Labute approximate surface area is 211 Å². The van der Waals surface area contributed by atoms with Gasteiger partial charge in [0.15, 0.2) is 5.43 Å². The highest BCUT2D eigenvalue weighted by Crippen LogP contribution is 2.39. The Kier molecular flexibility index (Phi) is 6.62. The Morgan fingerprint density at radius 2 is 1.72 bits per heavy atom. The summed E-state index contributed by atoms with van der Waals surface area (Å²) in [6.45, 7) is 11.2. The molecule has 1 aromatic heterocycles. The predicted molar refractivity (Wildman–Crippen MR) is 139 cm³/mol. The van der Waals surface area contributed by atoms with E-state index >= 15 is 0 Å². The number of morpholine rings is 1. The molecule has 1 saturated heterocycles. The summed E-state index contributed by atoms with van der Waals surface area (Å²) in [6, 6.07) is 12.9. The van der Waals surface area contributed by atoms with Crippen molar-refractivity contribution < 1.29 is 18.7 Å². The summed E-state index contributed by atoms with van der Waals surface area (Å²) in [5.74, 6) is 0.475. The van der Waals surface area contributed by atoms with Gasteiger partial charge in [-0.1, -0.05) is 45.0 Å². The minimum absolute atomic E-state index is 0.00800. The highest BCUT2D eigenvalue weighted by Gasteiger charge is 2.42. The Bertz CT molecular complexity index is 1320. The quantitative estimate of drug-likeness (QED) is 0.511. The molecule has 3 aromatic rings. The number of ether oxygens (including phenoxy) is 2. The first-order chi connectivity index (χ1) is 17.3. The van der Waals surface area contributed by atoms with E-state index in [0.29, 0.717) is 28.8 Å². The van der Waals surface area contributed by atoms with Gasteiger partial charge in [0.2, 0.25) is 5.76 Å². The molecule has 0 N–H and O–H groups in total. The van der Waals surface area contributed by atoms with E-state index < -0.39 is 6.04 Å². The highest BCUT2D eigenvalue weighted by atomic mass is 16.5. The average molecular weight is 491 g/mol. The lowest BCUT2D eigenvalue weighted by Gasteiger charge is -2.29. The normalized spacial score (nSPS) is 18.6. The van der Waals surface area contributed by atoms with Crippen molar-refractivity contribution in [2.45, 2.75) is 38.6 Å². The molecule has 2 aliphatic heterocycles. The lowest BCUT2D eigenvalue weighted by Crippen LogP contribution is -2.38. The minimum Gasteiger partial charge on any atom is -0.497 e. The van der Waals surface area contributed by atoms with E-state index in [9.17, 15) is 9.59 Å². The van der Waals surface area contributed by atoms with Crippen LogP contribution in [-0.2, 0) is 10.2 Å². The first kappa shape index (κ1) is 24.5. The van der Waals surface area contributed by atoms with Gasteiger partial charge in [0.1, 0.15) is 11.3 Å². The van der Waals surface area contributed by atoms with E-state index in [1.807, 2.05) is 12.1 Å². The first-order valence-corrected chi connectivity index (χ1v) is 12.6.